The van der Waals surface area contributed by atoms with Crippen LogP contribution in [-0.2, 0) is 4.79 Å². The van der Waals surface area contributed by atoms with E-state index in [1.165, 1.54) is 12.8 Å². The fraction of sp³-hybridized carbons (Fsp3) is 0.875. The van der Waals surface area contributed by atoms with Crippen molar-refractivity contribution >= 4 is 12.0 Å². The minimum absolute atomic E-state index is 0.00794. The monoisotopic (exact) mass is 311 g/mol. The Morgan fingerprint density at radius 3 is 2.36 bits per heavy atom. The molecular formula is C16H29N3O3. The molecule has 0 spiro atoms. The third-order valence-electron chi connectivity index (χ3n) is 5.33. The molecule has 0 aromatic carbocycles. The highest BCUT2D eigenvalue weighted by Gasteiger charge is 2.37. The van der Waals surface area contributed by atoms with Gasteiger partial charge in [-0.25, -0.2) is 4.79 Å². The Balaban J connectivity index is 1.72. The molecule has 2 aliphatic rings. The molecule has 6 heteroatoms. The number of carbonyl (C=O) groups excluding carboxylic acids is 1. The molecule has 0 aliphatic heterocycles. The molecule has 2 saturated carbocycles. The molecule has 2 aliphatic carbocycles. The molecule has 2 rings (SSSR count). The van der Waals surface area contributed by atoms with Crippen LogP contribution >= 0.6 is 0 Å². The van der Waals surface area contributed by atoms with Crippen molar-refractivity contribution in [2.24, 2.45) is 0 Å². The average Bonchev–Trinajstić information content (AvgIpc) is 2.89. The van der Waals surface area contributed by atoms with E-state index < -0.39 is 5.97 Å². The van der Waals surface area contributed by atoms with E-state index >= 15 is 0 Å². The fourth-order valence-electron chi connectivity index (χ4n) is 3.76. The molecule has 2 fully saturated rings. The minimum Gasteiger partial charge on any atom is -0.480 e. The number of aliphatic carboxylic acids is 1. The maximum absolute atomic E-state index is 12.2. The summed E-state index contributed by atoms with van der Waals surface area (Å²) in [5.74, 6) is -0.790. The van der Waals surface area contributed by atoms with E-state index in [4.69, 9.17) is 5.11 Å². The van der Waals surface area contributed by atoms with Crippen LogP contribution < -0.4 is 10.6 Å². The van der Waals surface area contributed by atoms with E-state index in [1.54, 1.807) is 0 Å². The van der Waals surface area contributed by atoms with Crippen molar-refractivity contribution in [3.63, 3.8) is 0 Å². The lowest BCUT2D eigenvalue weighted by Crippen LogP contribution is -2.58. The highest BCUT2D eigenvalue weighted by molar-refractivity contribution is 5.75. The van der Waals surface area contributed by atoms with Crippen molar-refractivity contribution in [2.75, 3.05) is 13.1 Å². The van der Waals surface area contributed by atoms with Gasteiger partial charge < -0.3 is 15.7 Å². The van der Waals surface area contributed by atoms with Gasteiger partial charge in [-0.2, -0.15) is 0 Å². The summed E-state index contributed by atoms with van der Waals surface area (Å²) in [6, 6.07) is 0.384. The van der Waals surface area contributed by atoms with Gasteiger partial charge in [-0.1, -0.05) is 26.7 Å². The SMILES string of the molecule is CCN(CC(=O)O)C1CC(NC(=O)NC2(CC)CCCC2)C1. The number of carbonyl (C=O) groups is 2. The molecule has 0 atom stereocenters. The van der Waals surface area contributed by atoms with Crippen LogP contribution in [0.1, 0.15) is 58.8 Å². The normalized spacial score (nSPS) is 26.5. The van der Waals surface area contributed by atoms with Crippen molar-refractivity contribution in [2.45, 2.75) is 76.4 Å². The molecule has 0 aromatic heterocycles. The van der Waals surface area contributed by atoms with Crippen LogP contribution in [-0.4, -0.2) is 52.7 Å². The molecule has 0 unspecified atom stereocenters. The van der Waals surface area contributed by atoms with Crippen LogP contribution in [0.5, 0.6) is 0 Å². The molecule has 0 bridgehead atoms. The topological polar surface area (TPSA) is 81.7 Å². The number of hydrogen-bond donors (Lipinski definition) is 3. The Bertz CT molecular complexity index is 401. The van der Waals surface area contributed by atoms with Gasteiger partial charge in [0, 0.05) is 17.6 Å². The second-order valence-corrected chi connectivity index (χ2v) is 6.72. The summed E-state index contributed by atoms with van der Waals surface area (Å²) in [6.45, 7) is 4.92. The summed E-state index contributed by atoms with van der Waals surface area (Å²) in [5.41, 5.74) is -0.00794. The van der Waals surface area contributed by atoms with Crippen molar-refractivity contribution < 1.29 is 14.7 Å². The van der Waals surface area contributed by atoms with Gasteiger partial charge in [0.2, 0.25) is 0 Å². The Hall–Kier alpha value is -1.30. The van der Waals surface area contributed by atoms with Gasteiger partial charge in [0.1, 0.15) is 0 Å². The molecule has 3 N–H and O–H groups in total. The number of urea groups is 1. The first kappa shape index (κ1) is 17.1. The number of carboxylic acids is 1. The Morgan fingerprint density at radius 1 is 1.23 bits per heavy atom. The van der Waals surface area contributed by atoms with Crippen LogP contribution in [0.4, 0.5) is 4.79 Å². The standard InChI is InChI=1S/C16H29N3O3/c1-3-16(7-5-6-8-16)18-15(22)17-12-9-13(10-12)19(4-2)11-14(20)21/h12-13H,3-11H2,1-2H3,(H,20,21)(H2,17,18,22). The van der Waals surface area contributed by atoms with E-state index in [2.05, 4.69) is 17.6 Å². The molecule has 0 radical (unpaired) electrons. The Kier molecular flexibility index (Phi) is 5.67. The van der Waals surface area contributed by atoms with Gasteiger partial charge in [0.15, 0.2) is 0 Å². The summed E-state index contributed by atoms with van der Waals surface area (Å²) in [6.07, 6.45) is 7.21. The first-order valence-electron chi connectivity index (χ1n) is 8.52. The molecule has 6 nitrogen and oxygen atoms in total. The quantitative estimate of drug-likeness (QED) is 0.671. The zero-order chi connectivity index (χ0) is 16.2. The van der Waals surface area contributed by atoms with Gasteiger partial charge >= 0.3 is 12.0 Å². The van der Waals surface area contributed by atoms with Crippen LogP contribution in [0.3, 0.4) is 0 Å². The Labute approximate surface area is 132 Å². The number of hydrogen-bond acceptors (Lipinski definition) is 3. The second kappa shape index (κ2) is 7.31. The fourth-order valence-corrected chi connectivity index (χ4v) is 3.76. The van der Waals surface area contributed by atoms with E-state index in [1.807, 2.05) is 11.8 Å². The maximum Gasteiger partial charge on any atom is 0.317 e. The van der Waals surface area contributed by atoms with E-state index in [0.717, 1.165) is 38.6 Å². The van der Waals surface area contributed by atoms with Crippen LogP contribution in [0.15, 0.2) is 0 Å². The molecule has 0 aromatic rings. The summed E-state index contributed by atoms with van der Waals surface area (Å²) in [7, 11) is 0. The van der Waals surface area contributed by atoms with E-state index in [-0.39, 0.29) is 30.2 Å². The van der Waals surface area contributed by atoms with Gasteiger partial charge in [0.25, 0.3) is 0 Å². The highest BCUT2D eigenvalue weighted by Crippen LogP contribution is 2.32. The predicted octanol–water partition coefficient (Wildman–Crippen LogP) is 1.95. The van der Waals surface area contributed by atoms with Gasteiger partial charge in [-0.3, -0.25) is 9.69 Å². The van der Waals surface area contributed by atoms with Crippen molar-refractivity contribution in [1.82, 2.24) is 15.5 Å². The van der Waals surface area contributed by atoms with Gasteiger partial charge in [-0.15, -0.1) is 0 Å². The third kappa shape index (κ3) is 4.12. The lowest BCUT2D eigenvalue weighted by atomic mass is 9.85. The van der Waals surface area contributed by atoms with Crippen molar-refractivity contribution in [3.05, 3.63) is 0 Å². The largest absolute Gasteiger partial charge is 0.480 e. The zero-order valence-corrected chi connectivity index (χ0v) is 13.7. The molecule has 2 amide bonds. The summed E-state index contributed by atoms with van der Waals surface area (Å²) in [5, 5.41) is 15.1. The molecule has 22 heavy (non-hydrogen) atoms. The first-order valence-corrected chi connectivity index (χ1v) is 8.52. The zero-order valence-electron chi connectivity index (χ0n) is 13.7. The lowest BCUT2D eigenvalue weighted by molar-refractivity contribution is -0.139. The summed E-state index contributed by atoms with van der Waals surface area (Å²) < 4.78 is 0. The number of likely N-dealkylation sites (N-methyl/N-ethyl adjacent to an activating group) is 1. The number of nitrogens with zero attached hydrogens (tertiary/aromatic N) is 1. The first-order chi connectivity index (χ1) is 10.5. The smallest absolute Gasteiger partial charge is 0.317 e. The summed E-state index contributed by atoms with van der Waals surface area (Å²) >= 11 is 0. The van der Waals surface area contributed by atoms with Crippen LogP contribution in [0.2, 0.25) is 0 Å². The molecule has 126 valence electrons. The lowest BCUT2D eigenvalue weighted by Gasteiger charge is -2.42. The maximum atomic E-state index is 12.2. The second-order valence-electron chi connectivity index (χ2n) is 6.72. The summed E-state index contributed by atoms with van der Waals surface area (Å²) in [4.78, 5) is 24.9. The minimum atomic E-state index is -0.790. The van der Waals surface area contributed by atoms with Gasteiger partial charge in [-0.05, 0) is 38.6 Å². The Morgan fingerprint density at radius 2 is 1.86 bits per heavy atom. The number of carboxylic acid groups (broad SMARTS) is 1. The van der Waals surface area contributed by atoms with Gasteiger partial charge in [0.05, 0.1) is 6.54 Å². The molecular weight excluding hydrogens is 282 g/mol. The third-order valence-corrected chi connectivity index (χ3v) is 5.33. The number of amides is 2. The molecule has 0 saturated heterocycles. The highest BCUT2D eigenvalue weighted by atomic mass is 16.4. The van der Waals surface area contributed by atoms with Crippen molar-refractivity contribution in [1.29, 1.82) is 0 Å². The number of nitrogens with one attached hydrogen (secondary N) is 2. The van der Waals surface area contributed by atoms with Crippen molar-refractivity contribution in [3.8, 4) is 0 Å². The van der Waals surface area contributed by atoms with Crippen LogP contribution in [0, 0.1) is 0 Å². The average molecular weight is 311 g/mol. The predicted molar refractivity (Wildman–Crippen MR) is 84.9 cm³/mol. The number of rotatable bonds is 7. The molecule has 0 heterocycles. The van der Waals surface area contributed by atoms with E-state index in [9.17, 15) is 9.59 Å². The van der Waals surface area contributed by atoms with Crippen LogP contribution in [0.25, 0.3) is 0 Å². The van der Waals surface area contributed by atoms with E-state index in [0.29, 0.717) is 0 Å².